The quantitative estimate of drug-likeness (QED) is 0.0357. The van der Waals surface area contributed by atoms with Crippen LogP contribution in [-0.4, -0.2) is 55.2 Å². The molecule has 0 aliphatic rings. The Kier molecular flexibility index (Phi) is 40.9. The molecule has 0 spiro atoms. The fourth-order valence-electron chi connectivity index (χ4n) is 6.44. The molecule has 1 amide bonds. The van der Waals surface area contributed by atoms with Crippen LogP contribution in [0.4, 0.5) is 0 Å². The molecule has 0 aliphatic heterocycles. The maximum absolute atomic E-state index is 12.6. The fourth-order valence-corrected chi connectivity index (χ4v) is 7.05. The first-order valence-corrected chi connectivity index (χ1v) is 23.4. The van der Waals surface area contributed by atoms with Crippen molar-refractivity contribution >= 4 is 26.4 Å². The maximum atomic E-state index is 12.6. The van der Waals surface area contributed by atoms with Gasteiger partial charge in [0.25, 0.3) is 0 Å². The first-order chi connectivity index (χ1) is 25.9. The van der Waals surface area contributed by atoms with Gasteiger partial charge >= 0.3 is 20.5 Å². The van der Waals surface area contributed by atoms with Crippen LogP contribution < -0.4 is 5.32 Å². The van der Waals surface area contributed by atoms with Crippen molar-refractivity contribution in [3.8, 4) is 0 Å². The van der Waals surface area contributed by atoms with Crippen LogP contribution in [0, 0.1) is 0 Å². The van der Waals surface area contributed by atoms with Crippen molar-refractivity contribution in [1.82, 2.24) is 5.32 Å². The SMILES string of the molecule is CCCCCCCCCCCCCCCCCC(=O)OC[C@H](COP(O)OCCNC(C)=O)OC(=O)CCCCCCCCCCCCCCCCC. The summed E-state index contributed by atoms with van der Waals surface area (Å²) in [5, 5.41) is 2.58. The van der Waals surface area contributed by atoms with Gasteiger partial charge in [0.05, 0.1) is 13.2 Å². The van der Waals surface area contributed by atoms with E-state index in [1.165, 1.54) is 161 Å². The van der Waals surface area contributed by atoms with E-state index in [9.17, 15) is 19.3 Å². The molecule has 0 heterocycles. The first kappa shape index (κ1) is 51.7. The molecule has 0 aliphatic carbocycles. The summed E-state index contributed by atoms with van der Waals surface area (Å²) in [5.74, 6) is -0.870. The topological polar surface area (TPSA) is 120 Å². The van der Waals surface area contributed by atoms with Gasteiger partial charge in [0, 0.05) is 26.3 Å². The zero-order valence-corrected chi connectivity index (χ0v) is 35.7. The third kappa shape index (κ3) is 41.7. The highest BCUT2D eigenvalue weighted by atomic mass is 31.2. The zero-order chi connectivity index (χ0) is 38.9. The number of carbonyl (C=O) groups excluding carboxylic acids is 3. The molecule has 314 valence electrons. The molecule has 0 aromatic rings. The molecule has 2 N–H and O–H groups in total. The number of rotatable bonds is 42. The second kappa shape index (κ2) is 41.9. The molecular formula is C43H84NO8P. The first-order valence-electron chi connectivity index (χ1n) is 22.2. The van der Waals surface area contributed by atoms with E-state index in [4.69, 9.17) is 18.5 Å². The van der Waals surface area contributed by atoms with Gasteiger partial charge in [-0.3, -0.25) is 14.4 Å². The van der Waals surface area contributed by atoms with Crippen LogP contribution in [0.1, 0.15) is 226 Å². The van der Waals surface area contributed by atoms with Crippen molar-refractivity contribution in [2.24, 2.45) is 0 Å². The lowest BCUT2D eigenvalue weighted by molar-refractivity contribution is -0.161. The van der Waals surface area contributed by atoms with E-state index in [1.807, 2.05) is 0 Å². The van der Waals surface area contributed by atoms with Crippen LogP contribution in [0.5, 0.6) is 0 Å². The lowest BCUT2D eigenvalue weighted by atomic mass is 10.0. The second-order valence-electron chi connectivity index (χ2n) is 15.0. The van der Waals surface area contributed by atoms with Crippen molar-refractivity contribution in [1.29, 1.82) is 0 Å². The number of hydrogen-bond donors (Lipinski definition) is 2. The summed E-state index contributed by atoms with van der Waals surface area (Å²) in [6.07, 6.45) is 37.6. The molecule has 0 fully saturated rings. The summed E-state index contributed by atoms with van der Waals surface area (Å²) < 4.78 is 21.6. The summed E-state index contributed by atoms with van der Waals surface area (Å²) in [6, 6.07) is 0. The number of ether oxygens (including phenoxy) is 2. The van der Waals surface area contributed by atoms with Gasteiger partial charge in [0.2, 0.25) is 5.91 Å². The maximum Gasteiger partial charge on any atom is 0.330 e. The Hall–Kier alpha value is -1.28. The number of carbonyl (C=O) groups is 3. The largest absolute Gasteiger partial charge is 0.462 e. The van der Waals surface area contributed by atoms with Gasteiger partial charge < -0.3 is 28.7 Å². The molecule has 0 saturated carbocycles. The highest BCUT2D eigenvalue weighted by Gasteiger charge is 2.20. The van der Waals surface area contributed by atoms with E-state index >= 15 is 0 Å². The predicted molar refractivity (Wildman–Crippen MR) is 220 cm³/mol. The summed E-state index contributed by atoms with van der Waals surface area (Å²) in [5.41, 5.74) is 0. The summed E-state index contributed by atoms with van der Waals surface area (Å²) in [7, 11) is -2.23. The smallest absolute Gasteiger partial charge is 0.330 e. The molecule has 1 unspecified atom stereocenters. The molecule has 0 saturated heterocycles. The van der Waals surface area contributed by atoms with Crippen LogP contribution in [-0.2, 0) is 32.9 Å². The minimum atomic E-state index is -2.23. The molecule has 0 rings (SSSR count). The molecular weight excluding hydrogens is 689 g/mol. The van der Waals surface area contributed by atoms with Crippen LogP contribution in [0.3, 0.4) is 0 Å². The van der Waals surface area contributed by atoms with Crippen LogP contribution in [0.15, 0.2) is 0 Å². The average molecular weight is 774 g/mol. The molecule has 9 nitrogen and oxygen atoms in total. The Labute approximate surface area is 327 Å². The van der Waals surface area contributed by atoms with Crippen molar-refractivity contribution < 1.29 is 37.8 Å². The Bertz CT molecular complexity index is 817. The molecule has 10 heteroatoms. The zero-order valence-electron chi connectivity index (χ0n) is 34.8. The fraction of sp³-hybridized carbons (Fsp3) is 0.930. The Balaban J connectivity index is 4.16. The number of nitrogens with one attached hydrogen (secondary N) is 1. The van der Waals surface area contributed by atoms with E-state index in [0.717, 1.165) is 38.5 Å². The van der Waals surface area contributed by atoms with Gasteiger partial charge in [0.1, 0.15) is 6.61 Å². The van der Waals surface area contributed by atoms with E-state index in [-0.39, 0.29) is 44.2 Å². The van der Waals surface area contributed by atoms with Gasteiger partial charge in [-0.05, 0) is 12.8 Å². The third-order valence-electron chi connectivity index (χ3n) is 9.75. The van der Waals surface area contributed by atoms with Gasteiger partial charge in [-0.2, -0.15) is 0 Å². The number of unbranched alkanes of at least 4 members (excludes halogenated alkanes) is 28. The van der Waals surface area contributed by atoms with Crippen molar-refractivity contribution in [2.75, 3.05) is 26.4 Å². The molecule has 0 aromatic heterocycles. The van der Waals surface area contributed by atoms with Crippen molar-refractivity contribution in [3.05, 3.63) is 0 Å². The van der Waals surface area contributed by atoms with Gasteiger partial charge in [-0.15, -0.1) is 0 Å². The standard InChI is InChI=1S/C43H84NO8P/c1-4-6-8-10-12-14-16-18-20-22-24-26-28-30-32-34-42(46)49-38-41(39-51-53(48)50-37-36-44-40(3)45)52-43(47)35-33-31-29-27-25-23-21-19-17-15-13-11-9-7-5-2/h41,48H,4-39H2,1-3H3,(H,44,45)/t41-,53?/m1/s1. The van der Waals surface area contributed by atoms with E-state index in [0.29, 0.717) is 12.8 Å². The van der Waals surface area contributed by atoms with Crippen LogP contribution in [0.25, 0.3) is 0 Å². The number of hydrogen-bond acceptors (Lipinski definition) is 8. The van der Waals surface area contributed by atoms with Gasteiger partial charge in [0.15, 0.2) is 6.10 Å². The molecule has 2 atom stereocenters. The summed E-state index contributed by atoms with van der Waals surface area (Å²) in [4.78, 5) is 46.2. The molecule has 0 bridgehead atoms. The normalized spacial score (nSPS) is 12.5. The van der Waals surface area contributed by atoms with E-state index < -0.39 is 14.7 Å². The van der Waals surface area contributed by atoms with Crippen molar-refractivity contribution in [3.63, 3.8) is 0 Å². The van der Waals surface area contributed by atoms with Gasteiger partial charge in [-0.25, -0.2) is 0 Å². The highest BCUT2D eigenvalue weighted by molar-refractivity contribution is 7.40. The van der Waals surface area contributed by atoms with E-state index in [2.05, 4.69) is 19.2 Å². The number of esters is 2. The van der Waals surface area contributed by atoms with Crippen LogP contribution in [0.2, 0.25) is 0 Å². The molecule has 53 heavy (non-hydrogen) atoms. The second-order valence-corrected chi connectivity index (χ2v) is 16.0. The summed E-state index contributed by atoms with van der Waals surface area (Å²) >= 11 is 0. The van der Waals surface area contributed by atoms with Crippen molar-refractivity contribution in [2.45, 2.75) is 232 Å². The lowest BCUT2D eigenvalue weighted by Crippen LogP contribution is -2.29. The molecule has 0 aromatic carbocycles. The Morgan fingerprint density at radius 2 is 0.868 bits per heavy atom. The van der Waals surface area contributed by atoms with E-state index in [1.54, 1.807) is 0 Å². The molecule has 0 radical (unpaired) electrons. The van der Waals surface area contributed by atoms with Gasteiger partial charge in [-0.1, -0.05) is 194 Å². The highest BCUT2D eigenvalue weighted by Crippen LogP contribution is 2.32. The predicted octanol–water partition coefficient (Wildman–Crippen LogP) is 12.4. The third-order valence-corrected chi connectivity index (χ3v) is 10.5. The summed E-state index contributed by atoms with van der Waals surface area (Å²) in [6.45, 7) is 5.97. The Morgan fingerprint density at radius 1 is 0.509 bits per heavy atom. The monoisotopic (exact) mass is 774 g/mol. The lowest BCUT2D eigenvalue weighted by Gasteiger charge is -2.19. The minimum Gasteiger partial charge on any atom is -0.462 e. The average Bonchev–Trinajstić information content (AvgIpc) is 3.14. The number of amides is 1. The Morgan fingerprint density at radius 3 is 1.25 bits per heavy atom. The van der Waals surface area contributed by atoms with Crippen LogP contribution >= 0.6 is 8.60 Å². The minimum absolute atomic E-state index is 0.0830.